The zero-order valence-electron chi connectivity index (χ0n) is 22.2. The fourth-order valence-electron chi connectivity index (χ4n) is 4.08. The molecule has 2 rings (SSSR count). The van der Waals surface area contributed by atoms with Crippen LogP contribution >= 0.6 is 0 Å². The summed E-state index contributed by atoms with van der Waals surface area (Å²) in [6.07, 6.45) is 2.86. The van der Waals surface area contributed by atoms with Crippen molar-refractivity contribution in [2.75, 3.05) is 11.9 Å². The van der Waals surface area contributed by atoms with Gasteiger partial charge in [-0.1, -0.05) is 57.0 Å². The predicted octanol–water partition coefficient (Wildman–Crippen LogP) is 5.54. The molecule has 1 amide bonds. The number of anilines is 1. The topological polar surface area (TPSA) is 73.4 Å². The van der Waals surface area contributed by atoms with Crippen LogP contribution in [0.4, 0.5) is 10.1 Å². The monoisotopic (exact) mass is 485 g/mol. The van der Waals surface area contributed by atoms with Crippen LogP contribution < -0.4 is 16.0 Å². The van der Waals surface area contributed by atoms with Crippen molar-refractivity contribution in [2.24, 2.45) is 5.92 Å². The maximum absolute atomic E-state index is 14.6. The number of halogens is 1. The van der Waals surface area contributed by atoms with Crippen LogP contribution in [0.2, 0.25) is 0 Å². The lowest BCUT2D eigenvalue weighted by Gasteiger charge is -2.31. The summed E-state index contributed by atoms with van der Waals surface area (Å²) in [7, 11) is 0. The summed E-state index contributed by atoms with van der Waals surface area (Å²) in [6, 6.07) is 13.7. The van der Waals surface area contributed by atoms with Crippen molar-refractivity contribution in [2.45, 2.75) is 91.0 Å². The average molecular weight is 486 g/mol. The van der Waals surface area contributed by atoms with E-state index in [-0.39, 0.29) is 17.1 Å². The fourth-order valence-corrected chi connectivity index (χ4v) is 4.08. The van der Waals surface area contributed by atoms with Crippen LogP contribution in [0.5, 0.6) is 0 Å². The number of rotatable bonds is 14. The summed E-state index contributed by atoms with van der Waals surface area (Å²) >= 11 is 0. The molecule has 6 heteroatoms. The first kappa shape index (κ1) is 28.8. The number of hydrogen-bond donors (Lipinski definition) is 4. The van der Waals surface area contributed by atoms with E-state index in [0.29, 0.717) is 24.6 Å². The third-order valence-corrected chi connectivity index (χ3v) is 6.12. The molecule has 0 aliphatic carbocycles. The maximum Gasteiger partial charge on any atom is 0.254 e. The summed E-state index contributed by atoms with van der Waals surface area (Å²) < 4.78 is 14.6. The fraction of sp³-hybridized carbons (Fsp3) is 0.552. The molecule has 2 aromatic carbocycles. The molecule has 5 nitrogen and oxygen atoms in total. The van der Waals surface area contributed by atoms with Crippen molar-refractivity contribution in [3.63, 3.8) is 0 Å². The van der Waals surface area contributed by atoms with Gasteiger partial charge in [0.25, 0.3) is 5.91 Å². The molecule has 0 saturated heterocycles. The molecule has 0 aliphatic heterocycles. The minimum atomic E-state index is -0.844. The van der Waals surface area contributed by atoms with Crippen molar-refractivity contribution in [3.8, 4) is 0 Å². The molecule has 2 aromatic rings. The number of hydrogen-bond acceptors (Lipinski definition) is 4. The first-order valence-corrected chi connectivity index (χ1v) is 12.8. The van der Waals surface area contributed by atoms with Crippen LogP contribution in [0.1, 0.15) is 76.7 Å². The SMILES string of the molecule is CC(C)CCCC(C)(C)NC[C@@H](O)[C@H](Cc1ccccc1)NC(=O)c1cc(NC(C)C)ccc1F. The summed E-state index contributed by atoms with van der Waals surface area (Å²) in [6.45, 7) is 13.0. The van der Waals surface area contributed by atoms with Gasteiger partial charge in [0.1, 0.15) is 5.82 Å². The van der Waals surface area contributed by atoms with Gasteiger partial charge in [-0.05, 0) is 70.2 Å². The number of β-amino-alcohol motifs (C(OH)–C–C–N with tert-alkyl or cyclic N) is 1. The number of amides is 1. The molecule has 0 aliphatic rings. The minimum absolute atomic E-state index is 0.0390. The summed E-state index contributed by atoms with van der Waals surface area (Å²) in [4.78, 5) is 13.1. The Bertz CT molecular complexity index is 915. The van der Waals surface area contributed by atoms with E-state index in [1.807, 2.05) is 44.2 Å². The van der Waals surface area contributed by atoms with Gasteiger partial charge < -0.3 is 21.1 Å². The highest BCUT2D eigenvalue weighted by Gasteiger charge is 2.26. The van der Waals surface area contributed by atoms with E-state index in [2.05, 4.69) is 43.6 Å². The second kappa shape index (κ2) is 13.6. The van der Waals surface area contributed by atoms with Gasteiger partial charge in [0.05, 0.1) is 17.7 Å². The van der Waals surface area contributed by atoms with Gasteiger partial charge in [0, 0.05) is 23.8 Å². The Labute approximate surface area is 210 Å². The second-order valence-electron chi connectivity index (χ2n) is 10.9. The van der Waals surface area contributed by atoms with Gasteiger partial charge in [0.2, 0.25) is 0 Å². The van der Waals surface area contributed by atoms with E-state index in [1.54, 1.807) is 6.07 Å². The molecule has 0 aromatic heterocycles. The first-order chi connectivity index (χ1) is 16.5. The highest BCUT2D eigenvalue weighted by atomic mass is 19.1. The number of carbonyl (C=O) groups excluding carboxylic acids is 1. The average Bonchev–Trinajstić information content (AvgIpc) is 2.78. The van der Waals surface area contributed by atoms with E-state index < -0.39 is 23.9 Å². The number of aliphatic hydroxyl groups is 1. The van der Waals surface area contributed by atoms with E-state index >= 15 is 0 Å². The zero-order valence-corrected chi connectivity index (χ0v) is 22.2. The quantitative estimate of drug-likeness (QED) is 0.283. The molecule has 0 saturated carbocycles. The highest BCUT2D eigenvalue weighted by molar-refractivity contribution is 5.95. The normalized spacial score (nSPS) is 13.7. The van der Waals surface area contributed by atoms with E-state index in [4.69, 9.17) is 0 Å². The summed E-state index contributed by atoms with van der Waals surface area (Å²) in [5.74, 6) is -0.461. The van der Waals surface area contributed by atoms with Gasteiger partial charge >= 0.3 is 0 Å². The van der Waals surface area contributed by atoms with Gasteiger partial charge in [-0.2, -0.15) is 0 Å². The molecular formula is C29H44FN3O2. The third kappa shape index (κ3) is 10.4. The molecule has 4 N–H and O–H groups in total. The third-order valence-electron chi connectivity index (χ3n) is 6.12. The van der Waals surface area contributed by atoms with Crippen molar-refractivity contribution in [1.82, 2.24) is 10.6 Å². The number of benzene rings is 2. The van der Waals surface area contributed by atoms with Crippen LogP contribution in [0.15, 0.2) is 48.5 Å². The lowest BCUT2D eigenvalue weighted by molar-refractivity contribution is 0.0808. The van der Waals surface area contributed by atoms with Crippen LogP contribution in [-0.4, -0.2) is 41.3 Å². The molecule has 2 atom stereocenters. The molecule has 0 fully saturated rings. The van der Waals surface area contributed by atoms with Crippen molar-refractivity contribution < 1.29 is 14.3 Å². The van der Waals surface area contributed by atoms with Crippen LogP contribution in [-0.2, 0) is 6.42 Å². The Kier molecular flexibility index (Phi) is 11.2. The van der Waals surface area contributed by atoms with Crippen LogP contribution in [0, 0.1) is 11.7 Å². The Morgan fingerprint density at radius 1 is 1.06 bits per heavy atom. The molecule has 35 heavy (non-hydrogen) atoms. The van der Waals surface area contributed by atoms with Gasteiger partial charge in [-0.3, -0.25) is 4.79 Å². The molecule has 0 heterocycles. The summed E-state index contributed by atoms with van der Waals surface area (Å²) in [5, 5.41) is 20.7. The lowest BCUT2D eigenvalue weighted by Crippen LogP contribution is -2.52. The number of carbonyl (C=O) groups is 1. The summed E-state index contributed by atoms with van der Waals surface area (Å²) in [5.41, 5.74) is 1.49. The van der Waals surface area contributed by atoms with Crippen LogP contribution in [0.3, 0.4) is 0 Å². The Morgan fingerprint density at radius 3 is 2.37 bits per heavy atom. The molecule has 0 radical (unpaired) electrons. The number of nitrogens with one attached hydrogen (secondary N) is 3. The largest absolute Gasteiger partial charge is 0.390 e. The first-order valence-electron chi connectivity index (χ1n) is 12.8. The van der Waals surface area contributed by atoms with Gasteiger partial charge in [-0.15, -0.1) is 0 Å². The minimum Gasteiger partial charge on any atom is -0.390 e. The van der Waals surface area contributed by atoms with E-state index in [0.717, 1.165) is 24.8 Å². The standard InChI is InChI=1S/C29H44FN3O2/c1-20(2)11-10-16-29(5,6)31-19-27(34)26(17-22-12-8-7-9-13-22)33-28(35)24-18-23(32-21(3)4)14-15-25(24)30/h7-9,12-15,18,20-21,26-27,31-32,34H,10-11,16-17,19H2,1-6H3,(H,33,35)/t26-,27+/m0/s1. The number of aliphatic hydroxyl groups excluding tert-OH is 1. The van der Waals surface area contributed by atoms with E-state index in [9.17, 15) is 14.3 Å². The molecular weight excluding hydrogens is 441 g/mol. The Hall–Kier alpha value is -2.44. The van der Waals surface area contributed by atoms with E-state index in [1.165, 1.54) is 12.1 Å². The van der Waals surface area contributed by atoms with Crippen molar-refractivity contribution >= 4 is 11.6 Å². The zero-order chi connectivity index (χ0) is 26.0. The maximum atomic E-state index is 14.6. The molecule has 0 unspecified atom stereocenters. The molecule has 194 valence electrons. The Morgan fingerprint density at radius 2 is 1.74 bits per heavy atom. The van der Waals surface area contributed by atoms with Crippen molar-refractivity contribution in [3.05, 3.63) is 65.5 Å². The molecule has 0 bridgehead atoms. The predicted molar refractivity (Wildman–Crippen MR) is 143 cm³/mol. The highest BCUT2D eigenvalue weighted by Crippen LogP contribution is 2.18. The molecule has 0 spiro atoms. The Balaban J connectivity index is 2.13. The lowest BCUT2D eigenvalue weighted by atomic mass is 9.93. The van der Waals surface area contributed by atoms with Gasteiger partial charge in [-0.25, -0.2) is 4.39 Å². The smallest absolute Gasteiger partial charge is 0.254 e. The van der Waals surface area contributed by atoms with Crippen molar-refractivity contribution in [1.29, 1.82) is 0 Å². The van der Waals surface area contributed by atoms with Crippen LogP contribution in [0.25, 0.3) is 0 Å². The van der Waals surface area contributed by atoms with Gasteiger partial charge in [0.15, 0.2) is 0 Å². The second-order valence-corrected chi connectivity index (χ2v) is 10.9.